The topological polar surface area (TPSA) is 0 Å². The van der Waals surface area contributed by atoms with Gasteiger partial charge in [-0.3, -0.25) is 0 Å². The summed E-state index contributed by atoms with van der Waals surface area (Å²) in [5, 5.41) is 0. The Kier molecular flexibility index (Phi) is 2.77. The van der Waals surface area contributed by atoms with Crippen molar-refractivity contribution >= 4 is 12.6 Å². The molecule has 0 aromatic heterocycles. The minimum atomic E-state index is 0.930. The lowest BCUT2D eigenvalue weighted by molar-refractivity contribution is 1.10. The highest BCUT2D eigenvalue weighted by molar-refractivity contribution is 7.80. The van der Waals surface area contributed by atoms with Gasteiger partial charge in [0.15, 0.2) is 0 Å². The molecule has 0 heterocycles. The molecule has 0 aliphatic heterocycles. The van der Waals surface area contributed by atoms with Crippen LogP contribution in [0.1, 0.15) is 12.5 Å². The van der Waals surface area contributed by atoms with Crippen LogP contribution >= 0.6 is 12.6 Å². The molecule has 1 heteroatoms. The molecule has 0 nitrogen and oxygen atoms in total. The monoisotopic (exact) mass is 164 g/mol. The minimum absolute atomic E-state index is 0.930. The molecular formula is C10H12S. The van der Waals surface area contributed by atoms with Gasteiger partial charge >= 0.3 is 0 Å². The third-order valence-corrected chi connectivity index (χ3v) is 1.92. The highest BCUT2D eigenvalue weighted by Crippen LogP contribution is 2.15. The van der Waals surface area contributed by atoms with Gasteiger partial charge in [-0.25, -0.2) is 0 Å². The fraction of sp³-hybridized carbons (Fsp3) is 0.200. The van der Waals surface area contributed by atoms with E-state index in [1.807, 2.05) is 25.1 Å². The molecule has 0 radical (unpaired) electrons. The van der Waals surface area contributed by atoms with Gasteiger partial charge < -0.3 is 0 Å². The zero-order valence-electron chi connectivity index (χ0n) is 6.67. The first kappa shape index (κ1) is 8.41. The zero-order chi connectivity index (χ0) is 8.27. The molecule has 0 spiro atoms. The summed E-state index contributed by atoms with van der Waals surface area (Å²) in [5.41, 5.74) is 2.43. The summed E-state index contributed by atoms with van der Waals surface area (Å²) in [6.45, 7) is 5.89. The molecule has 0 saturated carbocycles. The van der Waals surface area contributed by atoms with Crippen molar-refractivity contribution in [2.24, 2.45) is 0 Å². The van der Waals surface area contributed by atoms with Gasteiger partial charge in [-0.05, 0) is 25.0 Å². The lowest BCUT2D eigenvalue weighted by Gasteiger charge is -2.02. The maximum absolute atomic E-state index is 4.33. The molecule has 11 heavy (non-hydrogen) atoms. The summed E-state index contributed by atoms with van der Waals surface area (Å²) in [7, 11) is 0. The maximum atomic E-state index is 4.33. The Balaban J connectivity index is 2.86. The summed E-state index contributed by atoms with van der Waals surface area (Å²) < 4.78 is 0. The van der Waals surface area contributed by atoms with Crippen molar-refractivity contribution in [3.05, 3.63) is 42.0 Å². The summed E-state index contributed by atoms with van der Waals surface area (Å²) in [5.74, 6) is 0. The predicted molar refractivity (Wildman–Crippen MR) is 52.2 cm³/mol. The molecule has 0 bridgehead atoms. The second-order valence-corrected chi connectivity index (χ2v) is 3.24. The third kappa shape index (κ3) is 2.43. The molecule has 0 N–H and O–H groups in total. The van der Waals surface area contributed by atoms with Gasteiger partial charge in [0.25, 0.3) is 0 Å². The molecule has 0 atom stereocenters. The lowest BCUT2D eigenvalue weighted by Crippen LogP contribution is -1.86. The number of hydrogen-bond acceptors (Lipinski definition) is 1. The van der Waals surface area contributed by atoms with Crippen molar-refractivity contribution in [1.82, 2.24) is 0 Å². The van der Waals surface area contributed by atoms with Gasteiger partial charge in [0.2, 0.25) is 0 Å². The van der Waals surface area contributed by atoms with Crippen LogP contribution in [0.5, 0.6) is 0 Å². The van der Waals surface area contributed by atoms with Crippen LogP contribution in [0.25, 0.3) is 0 Å². The Labute approximate surface area is 73.4 Å². The second kappa shape index (κ2) is 3.63. The fourth-order valence-electron chi connectivity index (χ4n) is 0.985. The number of allylic oxidation sites excluding steroid dienone is 1. The number of benzene rings is 1. The molecule has 58 valence electrons. The molecule has 0 aliphatic rings. The SMILES string of the molecule is C=C(C)Cc1ccccc1S. The first-order chi connectivity index (χ1) is 5.20. The van der Waals surface area contributed by atoms with Crippen LogP contribution in [0.3, 0.4) is 0 Å². The molecule has 0 saturated heterocycles. The molecule has 0 amide bonds. The molecule has 1 rings (SSSR count). The minimum Gasteiger partial charge on any atom is -0.143 e. The van der Waals surface area contributed by atoms with E-state index >= 15 is 0 Å². The van der Waals surface area contributed by atoms with E-state index in [-0.39, 0.29) is 0 Å². The first-order valence-corrected chi connectivity index (χ1v) is 4.06. The van der Waals surface area contributed by atoms with E-state index in [0.717, 1.165) is 11.3 Å². The molecule has 1 aromatic carbocycles. The average Bonchev–Trinajstić information content (AvgIpc) is 1.93. The van der Waals surface area contributed by atoms with Crippen LogP contribution in [0.4, 0.5) is 0 Å². The van der Waals surface area contributed by atoms with Crippen LogP contribution in [-0.2, 0) is 6.42 Å². The predicted octanol–water partition coefficient (Wildman–Crippen LogP) is 3.09. The van der Waals surface area contributed by atoms with Crippen molar-refractivity contribution in [2.45, 2.75) is 18.2 Å². The van der Waals surface area contributed by atoms with Gasteiger partial charge in [0, 0.05) is 4.90 Å². The number of thiol groups is 1. The van der Waals surface area contributed by atoms with Gasteiger partial charge in [-0.15, -0.1) is 12.6 Å². The summed E-state index contributed by atoms with van der Waals surface area (Å²) >= 11 is 4.33. The van der Waals surface area contributed by atoms with Crippen LogP contribution in [0.15, 0.2) is 41.3 Å². The highest BCUT2D eigenvalue weighted by atomic mass is 32.1. The largest absolute Gasteiger partial charge is 0.143 e. The normalized spacial score (nSPS) is 9.64. The Morgan fingerprint density at radius 2 is 2.09 bits per heavy atom. The van der Waals surface area contributed by atoms with E-state index in [1.165, 1.54) is 11.1 Å². The zero-order valence-corrected chi connectivity index (χ0v) is 7.57. The van der Waals surface area contributed by atoms with Crippen LogP contribution < -0.4 is 0 Å². The Bertz CT molecular complexity index is 263. The van der Waals surface area contributed by atoms with Crippen LogP contribution in [0, 0.1) is 0 Å². The lowest BCUT2D eigenvalue weighted by atomic mass is 10.1. The quantitative estimate of drug-likeness (QED) is 0.504. The molecular weight excluding hydrogens is 152 g/mol. The Morgan fingerprint density at radius 3 is 2.64 bits per heavy atom. The van der Waals surface area contributed by atoms with Gasteiger partial charge in [0.1, 0.15) is 0 Å². The van der Waals surface area contributed by atoms with Crippen molar-refractivity contribution in [3.63, 3.8) is 0 Å². The van der Waals surface area contributed by atoms with Crippen molar-refractivity contribution < 1.29 is 0 Å². The standard InChI is InChI=1S/C10H12S/c1-8(2)7-9-5-3-4-6-10(9)11/h3-6,11H,1,7H2,2H3. The molecule has 0 aliphatic carbocycles. The smallest absolute Gasteiger partial charge is 0.00752 e. The maximum Gasteiger partial charge on any atom is 0.00752 e. The highest BCUT2D eigenvalue weighted by Gasteiger charge is 1.95. The van der Waals surface area contributed by atoms with Crippen molar-refractivity contribution in [1.29, 1.82) is 0 Å². The van der Waals surface area contributed by atoms with E-state index in [1.54, 1.807) is 0 Å². The van der Waals surface area contributed by atoms with Gasteiger partial charge in [-0.2, -0.15) is 0 Å². The van der Waals surface area contributed by atoms with E-state index in [0.29, 0.717) is 0 Å². The van der Waals surface area contributed by atoms with E-state index in [4.69, 9.17) is 0 Å². The Hall–Kier alpha value is -0.690. The molecule has 1 aromatic rings. The van der Waals surface area contributed by atoms with E-state index in [9.17, 15) is 0 Å². The number of rotatable bonds is 2. The first-order valence-electron chi connectivity index (χ1n) is 3.61. The van der Waals surface area contributed by atoms with Gasteiger partial charge in [0.05, 0.1) is 0 Å². The Morgan fingerprint density at radius 1 is 1.45 bits per heavy atom. The summed E-state index contributed by atoms with van der Waals surface area (Å²) in [4.78, 5) is 1.05. The number of hydrogen-bond donors (Lipinski definition) is 1. The third-order valence-electron chi connectivity index (χ3n) is 1.48. The second-order valence-electron chi connectivity index (χ2n) is 2.76. The molecule has 0 fully saturated rings. The molecule has 0 unspecified atom stereocenters. The van der Waals surface area contributed by atoms with Crippen molar-refractivity contribution in [3.8, 4) is 0 Å². The van der Waals surface area contributed by atoms with E-state index in [2.05, 4.69) is 25.3 Å². The summed E-state index contributed by atoms with van der Waals surface area (Å²) in [6.07, 6.45) is 0.930. The fourth-order valence-corrected chi connectivity index (χ4v) is 1.23. The van der Waals surface area contributed by atoms with E-state index < -0.39 is 0 Å². The van der Waals surface area contributed by atoms with Crippen molar-refractivity contribution in [2.75, 3.05) is 0 Å². The van der Waals surface area contributed by atoms with Crippen LogP contribution in [0.2, 0.25) is 0 Å². The van der Waals surface area contributed by atoms with Crippen LogP contribution in [-0.4, -0.2) is 0 Å². The summed E-state index contributed by atoms with van der Waals surface area (Å²) in [6, 6.07) is 8.10. The van der Waals surface area contributed by atoms with Gasteiger partial charge in [-0.1, -0.05) is 30.4 Å². The average molecular weight is 164 g/mol.